The van der Waals surface area contributed by atoms with Crippen molar-refractivity contribution >= 4 is 29.8 Å². The Labute approximate surface area is 153 Å². The maximum atomic E-state index is 12.2. The quantitative estimate of drug-likeness (QED) is 0.345. The summed E-state index contributed by atoms with van der Waals surface area (Å²) in [6.45, 7) is 3.67. The first kappa shape index (κ1) is 17.7. The molecule has 0 radical (unpaired) electrons. The van der Waals surface area contributed by atoms with Crippen LogP contribution in [0.1, 0.15) is 21.7 Å². The topological polar surface area (TPSA) is 121 Å². The van der Waals surface area contributed by atoms with Crippen molar-refractivity contribution in [2.24, 2.45) is 5.10 Å². The van der Waals surface area contributed by atoms with Gasteiger partial charge in [-0.25, -0.2) is 15.2 Å². The van der Waals surface area contributed by atoms with E-state index in [2.05, 4.69) is 30.8 Å². The number of hydrogen-bond acceptors (Lipinski definition) is 8. The molecule has 0 bridgehead atoms. The molecule has 0 unspecified atom stereocenters. The summed E-state index contributed by atoms with van der Waals surface area (Å²) >= 11 is 1.20. The van der Waals surface area contributed by atoms with E-state index in [9.17, 15) is 9.90 Å². The Bertz CT molecular complexity index is 948. The molecule has 0 aliphatic heterocycles. The van der Waals surface area contributed by atoms with E-state index in [0.29, 0.717) is 16.7 Å². The fourth-order valence-electron chi connectivity index (χ4n) is 2.19. The Hall–Kier alpha value is -3.14. The van der Waals surface area contributed by atoms with Crippen LogP contribution in [0.5, 0.6) is 5.75 Å². The zero-order valence-electron chi connectivity index (χ0n) is 14.2. The number of hydrogen-bond donors (Lipinski definition) is 3. The second-order valence-electron chi connectivity index (χ2n) is 5.42. The molecule has 9 nitrogen and oxygen atoms in total. The Morgan fingerprint density at radius 2 is 2.23 bits per heavy atom. The highest BCUT2D eigenvalue weighted by Gasteiger charge is 2.12. The number of H-pyrrole nitrogens is 1. The Balaban J connectivity index is 1.54. The summed E-state index contributed by atoms with van der Waals surface area (Å²) in [5.41, 5.74) is 4.85. The van der Waals surface area contributed by atoms with Crippen molar-refractivity contribution < 1.29 is 9.90 Å². The highest BCUT2D eigenvalue weighted by molar-refractivity contribution is 7.99. The number of benzene rings is 1. The number of para-hydroxylation sites is 1. The zero-order valence-corrected chi connectivity index (χ0v) is 15.0. The van der Waals surface area contributed by atoms with Crippen LogP contribution in [0.25, 0.3) is 0 Å². The van der Waals surface area contributed by atoms with Crippen LogP contribution in [0.3, 0.4) is 0 Å². The SMILES string of the molecule is Cc1cc(C)n(C(=O)CSc2n[nH]c(N/N=C/c3ccccc3O)n2)n1. The van der Waals surface area contributed by atoms with Gasteiger partial charge in [-0.1, -0.05) is 23.9 Å². The number of thioether (sulfide) groups is 1. The van der Waals surface area contributed by atoms with Gasteiger partial charge in [0, 0.05) is 11.3 Å². The molecule has 3 N–H and O–H groups in total. The number of rotatable bonds is 6. The second-order valence-corrected chi connectivity index (χ2v) is 6.36. The van der Waals surface area contributed by atoms with Gasteiger partial charge in [0.2, 0.25) is 11.1 Å². The van der Waals surface area contributed by atoms with Gasteiger partial charge in [0.05, 0.1) is 17.7 Å². The number of aryl methyl sites for hydroxylation is 2. The lowest BCUT2D eigenvalue weighted by atomic mass is 10.2. The van der Waals surface area contributed by atoms with E-state index in [-0.39, 0.29) is 17.4 Å². The standard InChI is InChI=1S/C16H17N7O2S/c1-10-7-11(2)23(22-10)14(25)9-26-16-18-15(20-21-16)19-17-8-12-5-3-4-6-13(12)24/h3-8,24H,9H2,1-2H3,(H2,18,19,20,21)/b17-8+. The molecule has 26 heavy (non-hydrogen) atoms. The van der Waals surface area contributed by atoms with Crippen molar-refractivity contribution in [1.29, 1.82) is 0 Å². The summed E-state index contributed by atoms with van der Waals surface area (Å²) < 4.78 is 1.38. The Kier molecular flexibility index (Phi) is 5.32. The van der Waals surface area contributed by atoms with E-state index < -0.39 is 0 Å². The van der Waals surface area contributed by atoms with Crippen LogP contribution in [0.15, 0.2) is 40.6 Å². The molecule has 3 aromatic rings. The van der Waals surface area contributed by atoms with Crippen molar-refractivity contribution in [2.75, 3.05) is 11.2 Å². The first-order valence-electron chi connectivity index (χ1n) is 7.71. The minimum absolute atomic E-state index is 0.134. The van der Waals surface area contributed by atoms with Gasteiger partial charge < -0.3 is 5.11 Å². The molecule has 0 saturated carbocycles. The van der Waals surface area contributed by atoms with Crippen LogP contribution in [0.2, 0.25) is 0 Å². The number of nitrogens with zero attached hydrogens (tertiary/aromatic N) is 5. The molecular formula is C16H17N7O2S. The molecule has 10 heteroatoms. The first-order chi connectivity index (χ1) is 12.5. The second kappa shape index (κ2) is 7.83. The molecule has 0 amide bonds. The van der Waals surface area contributed by atoms with E-state index in [1.807, 2.05) is 19.9 Å². The van der Waals surface area contributed by atoms with Gasteiger partial charge in [-0.15, -0.1) is 5.10 Å². The fraction of sp³-hybridized carbons (Fsp3) is 0.188. The minimum Gasteiger partial charge on any atom is -0.507 e. The lowest BCUT2D eigenvalue weighted by Gasteiger charge is -2.00. The van der Waals surface area contributed by atoms with Crippen molar-refractivity contribution in [3.63, 3.8) is 0 Å². The maximum absolute atomic E-state index is 12.2. The van der Waals surface area contributed by atoms with Gasteiger partial charge in [-0.3, -0.25) is 4.79 Å². The number of hydrazone groups is 1. The molecule has 134 valence electrons. The molecule has 0 atom stereocenters. The Morgan fingerprint density at radius 1 is 1.42 bits per heavy atom. The van der Waals surface area contributed by atoms with E-state index in [1.54, 1.807) is 24.3 Å². The highest BCUT2D eigenvalue weighted by Crippen LogP contribution is 2.16. The van der Waals surface area contributed by atoms with Gasteiger partial charge in [0.25, 0.3) is 5.91 Å². The van der Waals surface area contributed by atoms with Gasteiger partial charge >= 0.3 is 0 Å². The van der Waals surface area contributed by atoms with Crippen LogP contribution in [0, 0.1) is 13.8 Å². The number of carbonyl (C=O) groups excluding carboxylic acids is 1. The average Bonchev–Trinajstić information content (AvgIpc) is 3.20. The van der Waals surface area contributed by atoms with E-state index in [4.69, 9.17) is 0 Å². The number of nitrogens with one attached hydrogen (secondary N) is 2. The Morgan fingerprint density at radius 3 is 2.96 bits per heavy atom. The normalized spacial score (nSPS) is 11.2. The third-order valence-corrected chi connectivity index (χ3v) is 4.18. The van der Waals surface area contributed by atoms with Gasteiger partial charge in [-0.05, 0) is 32.0 Å². The van der Waals surface area contributed by atoms with E-state index in [1.165, 1.54) is 22.7 Å². The van der Waals surface area contributed by atoms with Crippen LogP contribution in [0.4, 0.5) is 5.95 Å². The number of aromatic nitrogens is 5. The number of anilines is 1. The molecule has 0 fully saturated rings. The zero-order chi connectivity index (χ0) is 18.5. The molecule has 0 spiro atoms. The molecule has 2 aromatic heterocycles. The highest BCUT2D eigenvalue weighted by atomic mass is 32.2. The molecule has 3 rings (SSSR count). The third-order valence-electron chi connectivity index (χ3n) is 3.35. The number of phenols is 1. The molecule has 1 aromatic carbocycles. The largest absolute Gasteiger partial charge is 0.507 e. The predicted octanol–water partition coefficient (Wildman–Crippen LogP) is 2.20. The van der Waals surface area contributed by atoms with Gasteiger partial charge in [-0.2, -0.15) is 15.2 Å². The van der Waals surface area contributed by atoms with Crippen molar-refractivity contribution in [1.82, 2.24) is 25.0 Å². The summed E-state index contributed by atoms with van der Waals surface area (Å²) in [6, 6.07) is 8.68. The number of aromatic amines is 1. The molecule has 0 aliphatic rings. The van der Waals surface area contributed by atoms with E-state index >= 15 is 0 Å². The molecule has 0 saturated heterocycles. The van der Waals surface area contributed by atoms with Gasteiger partial charge in [0.15, 0.2) is 0 Å². The van der Waals surface area contributed by atoms with Crippen molar-refractivity contribution in [3.05, 3.63) is 47.3 Å². The predicted molar refractivity (Wildman–Crippen MR) is 98.8 cm³/mol. The number of carbonyl (C=O) groups is 1. The van der Waals surface area contributed by atoms with Crippen LogP contribution < -0.4 is 5.43 Å². The average molecular weight is 371 g/mol. The number of aromatic hydroxyl groups is 1. The van der Waals surface area contributed by atoms with Crippen LogP contribution in [-0.4, -0.2) is 47.9 Å². The summed E-state index contributed by atoms with van der Waals surface area (Å²) in [6.07, 6.45) is 1.47. The first-order valence-corrected chi connectivity index (χ1v) is 8.70. The lowest BCUT2D eigenvalue weighted by Crippen LogP contribution is -2.16. The van der Waals surface area contributed by atoms with Gasteiger partial charge in [0.1, 0.15) is 5.75 Å². The summed E-state index contributed by atoms with van der Waals surface area (Å²) in [7, 11) is 0. The fourth-order valence-corrected chi connectivity index (χ4v) is 2.83. The smallest absolute Gasteiger partial charge is 0.257 e. The van der Waals surface area contributed by atoms with E-state index in [0.717, 1.165) is 11.4 Å². The monoisotopic (exact) mass is 371 g/mol. The third kappa shape index (κ3) is 4.28. The summed E-state index contributed by atoms with van der Waals surface area (Å²) in [5.74, 6) is 0.491. The molecular weight excluding hydrogens is 354 g/mol. The molecule has 0 aliphatic carbocycles. The minimum atomic E-state index is -0.141. The maximum Gasteiger partial charge on any atom is 0.257 e. The number of phenolic OH excluding ortho intramolecular Hbond substituents is 1. The van der Waals surface area contributed by atoms with Crippen LogP contribution in [-0.2, 0) is 0 Å². The summed E-state index contributed by atoms with van der Waals surface area (Å²) in [4.78, 5) is 16.4. The summed E-state index contributed by atoms with van der Waals surface area (Å²) in [5, 5.41) is 24.9. The van der Waals surface area contributed by atoms with Crippen molar-refractivity contribution in [2.45, 2.75) is 19.0 Å². The lowest BCUT2D eigenvalue weighted by molar-refractivity contribution is 0.0924. The van der Waals surface area contributed by atoms with Crippen LogP contribution >= 0.6 is 11.8 Å². The van der Waals surface area contributed by atoms with Crippen molar-refractivity contribution in [3.8, 4) is 5.75 Å². The molecule has 2 heterocycles.